The van der Waals surface area contributed by atoms with Crippen LogP contribution in [0.5, 0.6) is 5.75 Å². The zero-order valence-corrected chi connectivity index (χ0v) is 14.9. The second-order valence-electron chi connectivity index (χ2n) is 6.06. The number of aliphatic hydroxyl groups is 1. The Bertz CT molecular complexity index is 529. The Morgan fingerprint density at radius 1 is 1.17 bits per heavy atom. The van der Waals surface area contributed by atoms with E-state index in [0.29, 0.717) is 24.6 Å². The quantitative estimate of drug-likeness (QED) is 0.412. The second-order valence-corrected chi connectivity index (χ2v) is 6.06. The Balaban J connectivity index is 2.72. The third-order valence-corrected chi connectivity index (χ3v) is 3.79. The predicted molar refractivity (Wildman–Crippen MR) is 95.6 cm³/mol. The highest BCUT2D eigenvalue weighted by Gasteiger charge is 2.24. The van der Waals surface area contributed by atoms with Crippen molar-refractivity contribution in [1.82, 2.24) is 10.6 Å². The van der Waals surface area contributed by atoms with E-state index in [1.165, 1.54) is 12.1 Å². The summed E-state index contributed by atoms with van der Waals surface area (Å²) in [7, 11) is 0. The molecule has 0 saturated carbocycles. The van der Waals surface area contributed by atoms with Crippen LogP contribution in [0.15, 0.2) is 23.2 Å². The molecule has 0 bridgehead atoms. The molecule has 0 aliphatic rings. The molecular weight excluding hydrogens is 309 g/mol. The first kappa shape index (κ1) is 20.2. The number of nitrogens with zero attached hydrogens (tertiary/aromatic N) is 1. The van der Waals surface area contributed by atoms with Crippen LogP contribution in [0.4, 0.5) is 4.39 Å². The van der Waals surface area contributed by atoms with Crippen molar-refractivity contribution in [3.8, 4) is 5.75 Å². The van der Waals surface area contributed by atoms with Crippen molar-refractivity contribution in [3.63, 3.8) is 0 Å². The van der Waals surface area contributed by atoms with Crippen molar-refractivity contribution in [2.24, 2.45) is 4.99 Å². The number of guanidine groups is 1. The molecule has 0 unspecified atom stereocenters. The van der Waals surface area contributed by atoms with Gasteiger partial charge in [0.05, 0.1) is 12.1 Å². The molecule has 1 rings (SSSR count). The first-order valence-corrected chi connectivity index (χ1v) is 8.66. The molecule has 0 aliphatic carbocycles. The van der Waals surface area contributed by atoms with Gasteiger partial charge in [0.25, 0.3) is 0 Å². The molecule has 0 atom stereocenters. The minimum atomic E-state index is -0.746. The molecule has 0 fully saturated rings. The zero-order chi connectivity index (χ0) is 18.0. The summed E-state index contributed by atoms with van der Waals surface area (Å²) < 4.78 is 13.4. The standard InChI is InChI=1S/C18H30FN3O2/c1-4-9-18(24,10-5-2)13-22-17(20-6-3)21-12-14-7-8-16(23)15(19)11-14/h7-8,11,23-24H,4-6,9-10,12-13H2,1-3H3,(H2,20,21,22). The number of aromatic hydroxyl groups is 1. The third-order valence-electron chi connectivity index (χ3n) is 3.79. The predicted octanol–water partition coefficient (Wildman–Crippen LogP) is 2.92. The number of aliphatic imine (C=N–C) groups is 1. The van der Waals surface area contributed by atoms with Crippen LogP contribution >= 0.6 is 0 Å². The molecule has 0 aromatic heterocycles. The second kappa shape index (κ2) is 10.1. The van der Waals surface area contributed by atoms with Gasteiger partial charge in [0, 0.05) is 13.1 Å². The van der Waals surface area contributed by atoms with Crippen LogP contribution in [0.25, 0.3) is 0 Å². The zero-order valence-electron chi connectivity index (χ0n) is 14.9. The van der Waals surface area contributed by atoms with Crippen LogP contribution in [0.1, 0.15) is 52.0 Å². The van der Waals surface area contributed by atoms with E-state index in [9.17, 15) is 14.6 Å². The first-order valence-electron chi connectivity index (χ1n) is 8.66. The van der Waals surface area contributed by atoms with Crippen molar-refractivity contribution in [1.29, 1.82) is 0 Å². The van der Waals surface area contributed by atoms with Crippen LogP contribution in [0.2, 0.25) is 0 Å². The third kappa shape index (κ3) is 6.74. The summed E-state index contributed by atoms with van der Waals surface area (Å²) >= 11 is 0. The highest BCUT2D eigenvalue weighted by Crippen LogP contribution is 2.19. The molecular formula is C18H30FN3O2. The number of hydrogen-bond acceptors (Lipinski definition) is 3. The average Bonchev–Trinajstić information content (AvgIpc) is 2.54. The van der Waals surface area contributed by atoms with Crippen LogP contribution < -0.4 is 10.6 Å². The molecule has 5 nitrogen and oxygen atoms in total. The Morgan fingerprint density at radius 2 is 1.83 bits per heavy atom. The Kier molecular flexibility index (Phi) is 8.54. The van der Waals surface area contributed by atoms with Crippen molar-refractivity contribution in [2.75, 3.05) is 13.1 Å². The van der Waals surface area contributed by atoms with Gasteiger partial charge in [0.1, 0.15) is 0 Å². The Hall–Kier alpha value is -1.82. The van der Waals surface area contributed by atoms with Crippen molar-refractivity contribution >= 4 is 5.96 Å². The highest BCUT2D eigenvalue weighted by molar-refractivity contribution is 5.79. The smallest absolute Gasteiger partial charge is 0.191 e. The van der Waals surface area contributed by atoms with E-state index in [4.69, 9.17) is 0 Å². The molecule has 0 amide bonds. The molecule has 4 N–H and O–H groups in total. The molecule has 1 aromatic carbocycles. The van der Waals surface area contributed by atoms with Gasteiger partial charge in [-0.3, -0.25) is 0 Å². The molecule has 24 heavy (non-hydrogen) atoms. The van der Waals surface area contributed by atoms with Gasteiger partial charge in [0.15, 0.2) is 17.5 Å². The van der Waals surface area contributed by atoms with Crippen molar-refractivity contribution in [3.05, 3.63) is 29.6 Å². The van der Waals surface area contributed by atoms with Crippen molar-refractivity contribution in [2.45, 2.75) is 58.6 Å². The fraction of sp³-hybridized carbons (Fsp3) is 0.611. The molecule has 136 valence electrons. The van der Waals surface area contributed by atoms with Gasteiger partial charge in [0.2, 0.25) is 0 Å². The van der Waals surface area contributed by atoms with Gasteiger partial charge < -0.3 is 20.8 Å². The van der Waals surface area contributed by atoms with E-state index in [1.54, 1.807) is 6.07 Å². The van der Waals surface area contributed by atoms with Crippen LogP contribution in [0.3, 0.4) is 0 Å². The van der Waals surface area contributed by atoms with E-state index in [-0.39, 0.29) is 12.3 Å². The largest absolute Gasteiger partial charge is 0.505 e. The fourth-order valence-electron chi connectivity index (χ4n) is 2.64. The number of hydrogen-bond donors (Lipinski definition) is 4. The lowest BCUT2D eigenvalue weighted by Crippen LogP contribution is -2.47. The van der Waals surface area contributed by atoms with E-state index in [2.05, 4.69) is 29.5 Å². The molecule has 1 aromatic rings. The van der Waals surface area contributed by atoms with Gasteiger partial charge >= 0.3 is 0 Å². The molecule has 0 radical (unpaired) electrons. The first-order chi connectivity index (χ1) is 11.4. The van der Waals surface area contributed by atoms with E-state index < -0.39 is 11.4 Å². The number of benzene rings is 1. The Morgan fingerprint density at radius 3 is 2.38 bits per heavy atom. The monoisotopic (exact) mass is 339 g/mol. The summed E-state index contributed by atoms with van der Waals surface area (Å²) in [6.45, 7) is 7.47. The lowest BCUT2D eigenvalue weighted by atomic mass is 9.93. The van der Waals surface area contributed by atoms with E-state index >= 15 is 0 Å². The fourth-order valence-corrected chi connectivity index (χ4v) is 2.64. The van der Waals surface area contributed by atoms with Gasteiger partial charge in [-0.25, -0.2) is 9.38 Å². The summed E-state index contributed by atoms with van der Waals surface area (Å²) in [5.74, 6) is -0.436. The summed E-state index contributed by atoms with van der Waals surface area (Å²) in [4.78, 5) is 4.41. The number of rotatable bonds is 9. The van der Waals surface area contributed by atoms with Gasteiger partial charge in [-0.2, -0.15) is 0 Å². The van der Waals surface area contributed by atoms with Crippen molar-refractivity contribution < 1.29 is 14.6 Å². The van der Waals surface area contributed by atoms with Crippen LogP contribution in [-0.4, -0.2) is 34.9 Å². The maximum atomic E-state index is 13.4. The number of phenolic OH excluding ortho intramolecular Hbond substituents is 1. The molecule has 0 heterocycles. The maximum Gasteiger partial charge on any atom is 0.191 e. The van der Waals surface area contributed by atoms with Gasteiger partial charge in [-0.05, 0) is 37.5 Å². The van der Waals surface area contributed by atoms with Crippen LogP contribution in [-0.2, 0) is 6.54 Å². The minimum absolute atomic E-state index is 0.284. The van der Waals surface area contributed by atoms with E-state index in [1.807, 2.05) is 6.92 Å². The highest BCUT2D eigenvalue weighted by atomic mass is 19.1. The summed E-state index contributed by atoms with van der Waals surface area (Å²) in [6.07, 6.45) is 3.30. The topological polar surface area (TPSA) is 76.9 Å². The lowest BCUT2D eigenvalue weighted by Gasteiger charge is -2.28. The van der Waals surface area contributed by atoms with Crippen LogP contribution in [0, 0.1) is 5.82 Å². The molecule has 6 heteroatoms. The lowest BCUT2D eigenvalue weighted by molar-refractivity contribution is 0.0257. The van der Waals surface area contributed by atoms with E-state index in [0.717, 1.165) is 25.7 Å². The van der Waals surface area contributed by atoms with Gasteiger partial charge in [-0.1, -0.05) is 32.8 Å². The number of halogens is 1. The summed E-state index contributed by atoms with van der Waals surface area (Å²) in [5, 5.41) is 26.2. The Labute approximate surface area is 144 Å². The number of nitrogens with one attached hydrogen (secondary N) is 2. The number of phenols is 1. The molecule has 0 aliphatic heterocycles. The minimum Gasteiger partial charge on any atom is -0.505 e. The normalized spacial score (nSPS) is 12.3. The molecule has 0 spiro atoms. The maximum absolute atomic E-state index is 13.4. The summed E-state index contributed by atoms with van der Waals surface area (Å²) in [5.41, 5.74) is -0.0791. The SMILES string of the molecule is CCCC(O)(CCC)CNC(=NCc1ccc(O)c(F)c1)NCC. The summed E-state index contributed by atoms with van der Waals surface area (Å²) in [6, 6.07) is 4.23. The average molecular weight is 339 g/mol. The van der Waals surface area contributed by atoms with Gasteiger partial charge in [-0.15, -0.1) is 0 Å². The molecule has 0 saturated heterocycles.